The van der Waals surface area contributed by atoms with E-state index in [2.05, 4.69) is 33.4 Å². The molecule has 1 aromatic carbocycles. The van der Waals surface area contributed by atoms with Crippen LogP contribution in [-0.4, -0.2) is 23.9 Å². The zero-order valence-corrected chi connectivity index (χ0v) is 12.1. The molecule has 1 aliphatic rings. The second-order valence-corrected chi connectivity index (χ2v) is 5.91. The number of ether oxygens (including phenoxy) is 1. The van der Waals surface area contributed by atoms with Crippen LogP contribution in [0.4, 0.5) is 0 Å². The Hall–Kier alpha value is -1.03. The van der Waals surface area contributed by atoms with E-state index in [1.54, 1.807) is 6.92 Å². The van der Waals surface area contributed by atoms with E-state index < -0.39 is 0 Å². The maximum Gasteiger partial charge on any atom is 0.233 e. The summed E-state index contributed by atoms with van der Waals surface area (Å²) in [5.74, 6) is 0.893. The predicted molar refractivity (Wildman–Crippen MR) is 75.4 cm³/mol. The molecule has 1 unspecified atom stereocenters. The van der Waals surface area contributed by atoms with Crippen LogP contribution in [0.3, 0.4) is 0 Å². The molecule has 0 aliphatic heterocycles. The summed E-state index contributed by atoms with van der Waals surface area (Å²) < 4.78 is 5.63. The lowest BCUT2D eigenvalue weighted by atomic mass is 10.1. The molecule has 2 rings (SSSR count). The second-order valence-electron chi connectivity index (χ2n) is 4.54. The lowest BCUT2D eigenvalue weighted by Gasteiger charge is -2.09. The Kier molecular flexibility index (Phi) is 4.64. The average Bonchev–Trinajstić information content (AvgIpc) is 2.81. The van der Waals surface area contributed by atoms with Gasteiger partial charge in [-0.05, 0) is 49.4 Å². The van der Waals surface area contributed by atoms with Crippen LogP contribution in [-0.2, 0) is 17.6 Å². The van der Waals surface area contributed by atoms with E-state index in [0.29, 0.717) is 13.2 Å². The summed E-state index contributed by atoms with van der Waals surface area (Å²) >= 11 is 3.22. The lowest BCUT2D eigenvalue weighted by Crippen LogP contribution is -2.32. The van der Waals surface area contributed by atoms with Crippen LogP contribution in [0.25, 0.3) is 0 Å². The number of hydrogen-bond donors (Lipinski definition) is 1. The highest BCUT2D eigenvalue weighted by molar-refractivity contribution is 9.10. The van der Waals surface area contributed by atoms with E-state index in [9.17, 15) is 4.79 Å². The third kappa shape index (κ3) is 3.48. The minimum absolute atomic E-state index is 0.00690. The van der Waals surface area contributed by atoms with Gasteiger partial charge in [-0.1, -0.05) is 22.0 Å². The van der Waals surface area contributed by atoms with Crippen LogP contribution in [0.2, 0.25) is 0 Å². The second kappa shape index (κ2) is 6.23. The SMILES string of the molecule is CC(Br)C(=O)NCCOc1ccc2c(c1)CCC2. The number of hydrogen-bond acceptors (Lipinski definition) is 2. The molecule has 0 aromatic heterocycles. The number of rotatable bonds is 5. The van der Waals surface area contributed by atoms with E-state index in [0.717, 1.165) is 12.2 Å². The fraction of sp³-hybridized carbons (Fsp3) is 0.500. The number of amides is 1. The van der Waals surface area contributed by atoms with Gasteiger partial charge in [0.05, 0.1) is 11.4 Å². The van der Waals surface area contributed by atoms with Crippen molar-refractivity contribution in [3.05, 3.63) is 29.3 Å². The smallest absolute Gasteiger partial charge is 0.233 e. The molecular formula is C14H18BrNO2. The summed E-state index contributed by atoms with van der Waals surface area (Å²) in [5.41, 5.74) is 2.86. The number of carbonyl (C=O) groups excluding carboxylic acids is 1. The molecule has 1 aliphatic carbocycles. The van der Waals surface area contributed by atoms with Crippen LogP contribution < -0.4 is 10.1 Å². The Morgan fingerprint density at radius 3 is 3.00 bits per heavy atom. The normalized spacial score (nSPS) is 15.0. The highest BCUT2D eigenvalue weighted by atomic mass is 79.9. The van der Waals surface area contributed by atoms with Gasteiger partial charge < -0.3 is 10.1 Å². The Bertz CT molecular complexity index is 432. The fourth-order valence-corrected chi connectivity index (χ4v) is 2.28. The number of aryl methyl sites for hydroxylation is 2. The molecule has 4 heteroatoms. The first kappa shape index (κ1) is 13.4. The zero-order valence-electron chi connectivity index (χ0n) is 10.5. The number of alkyl halides is 1. The molecule has 0 saturated carbocycles. The van der Waals surface area contributed by atoms with Crippen molar-refractivity contribution in [2.45, 2.75) is 31.0 Å². The van der Waals surface area contributed by atoms with Gasteiger partial charge in [0.2, 0.25) is 5.91 Å². The number of carbonyl (C=O) groups is 1. The van der Waals surface area contributed by atoms with Gasteiger partial charge in [0.15, 0.2) is 0 Å². The molecule has 0 heterocycles. The summed E-state index contributed by atoms with van der Waals surface area (Å²) in [4.78, 5) is 11.1. The van der Waals surface area contributed by atoms with Gasteiger partial charge in [0, 0.05) is 0 Å². The Balaban J connectivity index is 1.75. The summed E-state index contributed by atoms with van der Waals surface area (Å²) in [6.45, 7) is 2.84. The van der Waals surface area contributed by atoms with Gasteiger partial charge in [-0.2, -0.15) is 0 Å². The maximum absolute atomic E-state index is 11.3. The van der Waals surface area contributed by atoms with Crippen molar-refractivity contribution < 1.29 is 9.53 Å². The summed E-state index contributed by atoms with van der Waals surface area (Å²) in [6.07, 6.45) is 3.59. The monoisotopic (exact) mass is 311 g/mol. The first-order valence-corrected chi connectivity index (χ1v) is 7.25. The number of nitrogens with one attached hydrogen (secondary N) is 1. The van der Waals surface area contributed by atoms with Gasteiger partial charge in [0.1, 0.15) is 12.4 Å². The standard InChI is InChI=1S/C14H18BrNO2/c1-10(15)14(17)16-7-8-18-13-6-5-11-3-2-4-12(11)9-13/h5-6,9-10H,2-4,7-8H2,1H3,(H,16,17). The Morgan fingerprint density at radius 1 is 1.44 bits per heavy atom. The molecule has 0 fully saturated rings. The molecule has 1 aromatic rings. The Morgan fingerprint density at radius 2 is 2.22 bits per heavy atom. The number of halogens is 1. The third-order valence-electron chi connectivity index (χ3n) is 3.10. The van der Waals surface area contributed by atoms with Crippen molar-refractivity contribution >= 4 is 21.8 Å². The van der Waals surface area contributed by atoms with Gasteiger partial charge in [0.25, 0.3) is 0 Å². The molecule has 0 radical (unpaired) electrons. The minimum atomic E-state index is -0.155. The van der Waals surface area contributed by atoms with Crippen LogP contribution >= 0.6 is 15.9 Å². The quantitative estimate of drug-likeness (QED) is 0.670. The van der Waals surface area contributed by atoms with Gasteiger partial charge in [-0.25, -0.2) is 0 Å². The van der Waals surface area contributed by atoms with Crippen LogP contribution in [0.1, 0.15) is 24.5 Å². The largest absolute Gasteiger partial charge is 0.492 e. The van der Waals surface area contributed by atoms with Gasteiger partial charge >= 0.3 is 0 Å². The van der Waals surface area contributed by atoms with Crippen LogP contribution in [0.5, 0.6) is 5.75 Å². The predicted octanol–water partition coefficient (Wildman–Crippen LogP) is 2.45. The van der Waals surface area contributed by atoms with E-state index in [-0.39, 0.29) is 10.7 Å². The number of benzene rings is 1. The first-order valence-electron chi connectivity index (χ1n) is 6.33. The fourth-order valence-electron chi connectivity index (χ4n) is 2.12. The van der Waals surface area contributed by atoms with Crippen molar-refractivity contribution in [3.63, 3.8) is 0 Å². The molecule has 0 saturated heterocycles. The minimum Gasteiger partial charge on any atom is -0.492 e. The summed E-state index contributed by atoms with van der Waals surface area (Å²) in [7, 11) is 0. The molecule has 1 atom stereocenters. The molecule has 98 valence electrons. The highest BCUT2D eigenvalue weighted by Gasteiger charge is 2.11. The molecule has 3 nitrogen and oxygen atoms in total. The van der Waals surface area contributed by atoms with E-state index in [4.69, 9.17) is 4.74 Å². The van der Waals surface area contributed by atoms with Crippen molar-refractivity contribution in [1.29, 1.82) is 0 Å². The van der Waals surface area contributed by atoms with Crippen molar-refractivity contribution in [2.24, 2.45) is 0 Å². The molecular weight excluding hydrogens is 294 g/mol. The zero-order chi connectivity index (χ0) is 13.0. The summed E-state index contributed by atoms with van der Waals surface area (Å²) in [6, 6.07) is 6.28. The van der Waals surface area contributed by atoms with Crippen LogP contribution in [0, 0.1) is 0 Å². The molecule has 0 bridgehead atoms. The van der Waals surface area contributed by atoms with Crippen molar-refractivity contribution in [2.75, 3.05) is 13.2 Å². The molecule has 1 N–H and O–H groups in total. The third-order valence-corrected chi connectivity index (χ3v) is 3.52. The lowest BCUT2D eigenvalue weighted by molar-refractivity contribution is -0.120. The van der Waals surface area contributed by atoms with E-state index in [1.807, 2.05) is 6.07 Å². The van der Waals surface area contributed by atoms with Gasteiger partial charge in [-0.15, -0.1) is 0 Å². The van der Waals surface area contributed by atoms with E-state index in [1.165, 1.54) is 24.0 Å². The number of fused-ring (bicyclic) bond motifs is 1. The first-order chi connectivity index (χ1) is 8.66. The topological polar surface area (TPSA) is 38.3 Å². The van der Waals surface area contributed by atoms with Crippen molar-refractivity contribution in [3.8, 4) is 5.75 Å². The van der Waals surface area contributed by atoms with E-state index >= 15 is 0 Å². The van der Waals surface area contributed by atoms with Gasteiger partial charge in [-0.3, -0.25) is 4.79 Å². The van der Waals surface area contributed by atoms with Crippen molar-refractivity contribution in [1.82, 2.24) is 5.32 Å². The molecule has 0 spiro atoms. The summed E-state index contributed by atoms with van der Waals surface area (Å²) in [5, 5.41) is 2.79. The van der Waals surface area contributed by atoms with Crippen LogP contribution in [0.15, 0.2) is 18.2 Å². The molecule has 18 heavy (non-hydrogen) atoms. The molecule has 1 amide bonds. The maximum atomic E-state index is 11.3. The Labute approximate surface area is 116 Å². The highest BCUT2D eigenvalue weighted by Crippen LogP contribution is 2.25. The average molecular weight is 312 g/mol.